The Morgan fingerprint density at radius 2 is 1.58 bits per heavy atom. The number of amides is 4. The van der Waals surface area contributed by atoms with E-state index in [2.05, 4.69) is 27.4 Å². The van der Waals surface area contributed by atoms with Crippen molar-refractivity contribution in [3.8, 4) is 0 Å². The number of hydrogen-bond acceptors (Lipinski definition) is 13. The Bertz CT molecular complexity index is 1660. The van der Waals surface area contributed by atoms with Crippen molar-refractivity contribution in [1.29, 1.82) is 0 Å². The van der Waals surface area contributed by atoms with Gasteiger partial charge in [0.1, 0.15) is 11.0 Å². The number of carbonyl (C=O) groups is 4. The van der Waals surface area contributed by atoms with Gasteiger partial charge in [-0.25, -0.2) is 10.9 Å². The third-order valence-electron chi connectivity index (χ3n) is 12.5. The molecule has 4 N–H and O–H groups in total. The lowest BCUT2D eigenvalue weighted by Crippen LogP contribution is -2.60. The number of ether oxygens (including phenoxy) is 4. The SMILES string of the molecule is CC[C@H](C)[C@@H]([C@@H](CC(=O)N1CCC[C@H]1[C@H](OC)[C@@H](C)C(=O)N[C@@H](Cc1ccccc1)c1nccs1)OC)N(C)C(=O)[C@@H](NC(=O)C(C(C)C)N(C)CCOCCOCCON)C(C)C. The van der Waals surface area contributed by atoms with Gasteiger partial charge in [0.25, 0.3) is 0 Å². The van der Waals surface area contributed by atoms with Crippen molar-refractivity contribution in [2.24, 2.45) is 29.6 Å². The Balaban J connectivity index is 1.72. The molecule has 16 nitrogen and oxygen atoms in total. The Morgan fingerprint density at radius 1 is 0.906 bits per heavy atom. The monoisotopic (exact) mass is 918 g/mol. The molecule has 1 aliphatic rings. The molecule has 1 fully saturated rings. The molecule has 0 spiro atoms. The van der Waals surface area contributed by atoms with E-state index in [-0.39, 0.29) is 59.9 Å². The molecule has 64 heavy (non-hydrogen) atoms. The van der Waals surface area contributed by atoms with Crippen LogP contribution in [-0.2, 0) is 49.4 Å². The molecule has 1 saturated heterocycles. The van der Waals surface area contributed by atoms with Crippen LogP contribution in [0.1, 0.15) is 90.8 Å². The maximum absolute atomic E-state index is 14.6. The van der Waals surface area contributed by atoms with Gasteiger partial charge >= 0.3 is 0 Å². The summed E-state index contributed by atoms with van der Waals surface area (Å²) in [6, 6.07) is 7.54. The van der Waals surface area contributed by atoms with Gasteiger partial charge in [0, 0.05) is 45.9 Å². The van der Waals surface area contributed by atoms with E-state index in [4.69, 9.17) is 24.8 Å². The number of nitrogens with two attached hydrogens (primary N) is 1. The largest absolute Gasteiger partial charge is 0.379 e. The van der Waals surface area contributed by atoms with Gasteiger partial charge in [0.2, 0.25) is 23.6 Å². The number of likely N-dealkylation sites (tertiary alicyclic amines) is 1. The van der Waals surface area contributed by atoms with Gasteiger partial charge in [-0.1, -0.05) is 85.2 Å². The fourth-order valence-electron chi connectivity index (χ4n) is 8.83. The molecule has 9 atom stereocenters. The summed E-state index contributed by atoms with van der Waals surface area (Å²) >= 11 is 1.50. The summed E-state index contributed by atoms with van der Waals surface area (Å²) < 4.78 is 23.3. The summed E-state index contributed by atoms with van der Waals surface area (Å²) in [6.45, 7) is 16.6. The van der Waals surface area contributed by atoms with E-state index < -0.39 is 36.3 Å². The van der Waals surface area contributed by atoms with Gasteiger partial charge in [0.05, 0.1) is 81.7 Å². The van der Waals surface area contributed by atoms with Gasteiger partial charge < -0.3 is 44.2 Å². The maximum Gasteiger partial charge on any atom is 0.245 e. The first-order valence-corrected chi connectivity index (χ1v) is 23.8. The predicted octanol–water partition coefficient (Wildman–Crippen LogP) is 4.48. The number of benzene rings is 1. The van der Waals surface area contributed by atoms with Crippen LogP contribution < -0.4 is 16.5 Å². The third kappa shape index (κ3) is 16.1. The normalized spacial score (nSPS) is 18.0. The molecule has 2 aromatic rings. The number of nitrogens with zero attached hydrogens (tertiary/aromatic N) is 4. The minimum Gasteiger partial charge on any atom is -0.379 e. The lowest BCUT2D eigenvalue weighted by molar-refractivity contribution is -0.148. The fraction of sp³-hybridized carbons (Fsp3) is 0.723. The molecule has 1 aromatic heterocycles. The molecule has 3 rings (SSSR count). The summed E-state index contributed by atoms with van der Waals surface area (Å²) in [7, 11) is 6.78. The van der Waals surface area contributed by atoms with Crippen molar-refractivity contribution in [1.82, 2.24) is 30.3 Å². The number of methoxy groups -OCH3 is 2. The standard InChI is InChI=1S/C47H79N7O9S/c1-12-33(6)42(53(9)47(58)40(31(2)3)51-45(57)41(32(4)5)52(8)22-23-61-24-25-62-26-27-63-48)38(59-10)30-39(55)54-21-16-19-37(54)43(60-11)34(7)44(56)50-36(46-49-20-28-64-46)29-35-17-14-13-15-18-35/h13-15,17-18,20,28,31-34,36-38,40-43H,12,16,19,21-27,29-30,48H2,1-11H3,(H,50,56)(H,51,57)/t33-,34+,36-,37-,38+,40-,41?,42-,43+/m0/s1. The first-order valence-electron chi connectivity index (χ1n) is 22.9. The first kappa shape index (κ1) is 54.8. The Labute approximate surface area is 386 Å². The molecule has 0 saturated carbocycles. The molecule has 4 amide bonds. The van der Waals surface area contributed by atoms with Crippen molar-refractivity contribution in [2.45, 2.75) is 123 Å². The molecule has 0 radical (unpaired) electrons. The van der Waals surface area contributed by atoms with E-state index in [0.717, 1.165) is 23.4 Å². The molecule has 1 aliphatic heterocycles. The highest BCUT2D eigenvalue weighted by Gasteiger charge is 2.43. The van der Waals surface area contributed by atoms with E-state index in [9.17, 15) is 19.2 Å². The van der Waals surface area contributed by atoms with E-state index in [1.807, 2.05) is 94.1 Å². The van der Waals surface area contributed by atoms with Crippen LogP contribution in [0.25, 0.3) is 0 Å². The van der Waals surface area contributed by atoms with Gasteiger partial charge in [-0.2, -0.15) is 0 Å². The number of thiazole rings is 1. The highest BCUT2D eigenvalue weighted by molar-refractivity contribution is 7.09. The molecule has 362 valence electrons. The molecule has 0 bridgehead atoms. The molecular weight excluding hydrogens is 839 g/mol. The minimum absolute atomic E-state index is 0.0229. The minimum atomic E-state index is -0.821. The van der Waals surface area contributed by atoms with Crippen molar-refractivity contribution >= 4 is 35.0 Å². The van der Waals surface area contributed by atoms with Crippen LogP contribution in [0.2, 0.25) is 0 Å². The lowest BCUT2D eigenvalue weighted by Gasteiger charge is -2.41. The highest BCUT2D eigenvalue weighted by atomic mass is 32.1. The summed E-state index contributed by atoms with van der Waals surface area (Å²) in [5, 5.41) is 9.06. The van der Waals surface area contributed by atoms with Gasteiger partial charge in [-0.3, -0.25) is 24.1 Å². The molecule has 2 heterocycles. The zero-order chi connectivity index (χ0) is 47.3. The number of hydrogen-bond donors (Lipinski definition) is 3. The Kier molecular flexibility index (Phi) is 24.4. The fourth-order valence-corrected chi connectivity index (χ4v) is 9.52. The zero-order valence-corrected chi connectivity index (χ0v) is 41.1. The van der Waals surface area contributed by atoms with Crippen LogP contribution in [-0.4, -0.2) is 154 Å². The number of nitrogens with one attached hydrogen (secondary N) is 2. The second-order valence-corrected chi connectivity index (χ2v) is 18.6. The summed E-state index contributed by atoms with van der Waals surface area (Å²) in [6.07, 6.45) is 3.32. The molecule has 17 heteroatoms. The van der Waals surface area contributed by atoms with Crippen LogP contribution in [0.3, 0.4) is 0 Å². The van der Waals surface area contributed by atoms with E-state index in [1.54, 1.807) is 32.4 Å². The number of likely N-dealkylation sites (N-methyl/N-ethyl adjacent to an activating group) is 2. The van der Waals surface area contributed by atoms with E-state index >= 15 is 0 Å². The molecule has 0 aliphatic carbocycles. The first-order chi connectivity index (χ1) is 30.6. The second kappa shape index (κ2) is 28.5. The van der Waals surface area contributed by atoms with Crippen molar-refractivity contribution in [2.75, 3.05) is 74.4 Å². The topological polar surface area (TPSA) is 187 Å². The average molecular weight is 918 g/mol. The predicted molar refractivity (Wildman–Crippen MR) is 249 cm³/mol. The number of rotatable bonds is 30. The van der Waals surface area contributed by atoms with Crippen LogP contribution in [0.15, 0.2) is 41.9 Å². The average Bonchev–Trinajstić information content (AvgIpc) is 4.00. The van der Waals surface area contributed by atoms with Gasteiger partial charge in [-0.15, -0.1) is 11.3 Å². The van der Waals surface area contributed by atoms with Crippen molar-refractivity contribution in [3.05, 3.63) is 52.5 Å². The Hall–Kier alpha value is -3.55. The maximum atomic E-state index is 14.6. The third-order valence-corrected chi connectivity index (χ3v) is 13.4. The van der Waals surface area contributed by atoms with E-state index in [1.165, 1.54) is 11.3 Å². The summed E-state index contributed by atoms with van der Waals surface area (Å²) in [4.78, 5) is 71.5. The van der Waals surface area contributed by atoms with Gasteiger partial charge in [0.15, 0.2) is 0 Å². The Morgan fingerprint density at radius 3 is 2.16 bits per heavy atom. The van der Waals surface area contributed by atoms with Crippen LogP contribution in [0.5, 0.6) is 0 Å². The number of carbonyl (C=O) groups excluding carboxylic acids is 4. The number of aromatic nitrogens is 1. The quantitative estimate of drug-likeness (QED) is 0.0738. The van der Waals surface area contributed by atoms with E-state index in [0.29, 0.717) is 59.0 Å². The van der Waals surface area contributed by atoms with Crippen molar-refractivity contribution < 1.29 is 43.0 Å². The zero-order valence-electron chi connectivity index (χ0n) is 40.3. The molecule has 1 aromatic carbocycles. The molecular formula is C47H79N7O9S. The van der Waals surface area contributed by atoms with Crippen LogP contribution >= 0.6 is 11.3 Å². The lowest BCUT2D eigenvalue weighted by atomic mass is 9.89. The summed E-state index contributed by atoms with van der Waals surface area (Å²) in [5.74, 6) is 3.33. The summed E-state index contributed by atoms with van der Waals surface area (Å²) in [5.41, 5.74) is 1.08. The van der Waals surface area contributed by atoms with Crippen LogP contribution in [0.4, 0.5) is 0 Å². The smallest absolute Gasteiger partial charge is 0.245 e. The second-order valence-electron chi connectivity index (χ2n) is 17.7. The van der Waals surface area contributed by atoms with Crippen LogP contribution in [0, 0.1) is 23.7 Å². The van der Waals surface area contributed by atoms with Crippen molar-refractivity contribution in [3.63, 3.8) is 0 Å². The molecule has 1 unspecified atom stereocenters. The van der Waals surface area contributed by atoms with Gasteiger partial charge in [-0.05, 0) is 49.6 Å². The highest BCUT2D eigenvalue weighted by Crippen LogP contribution is 2.30.